The highest BCUT2D eigenvalue weighted by Gasteiger charge is 2.24. The maximum Gasteiger partial charge on any atom is 0.264 e. The molecule has 2 heterocycles. The van der Waals surface area contributed by atoms with Gasteiger partial charge in [0, 0.05) is 26.2 Å². The van der Waals surface area contributed by atoms with E-state index >= 15 is 0 Å². The molecule has 1 amide bonds. The third-order valence-electron chi connectivity index (χ3n) is 3.57. The van der Waals surface area contributed by atoms with E-state index in [1.807, 2.05) is 17.0 Å². The van der Waals surface area contributed by atoms with Crippen LogP contribution in [0.25, 0.3) is 0 Å². The molecule has 1 aliphatic heterocycles. The smallest absolute Gasteiger partial charge is 0.264 e. The number of aromatic hydroxyl groups is 1. The lowest BCUT2D eigenvalue weighted by Crippen LogP contribution is -2.48. The van der Waals surface area contributed by atoms with Crippen molar-refractivity contribution in [3.8, 4) is 5.75 Å². The molecule has 0 aliphatic carbocycles. The summed E-state index contributed by atoms with van der Waals surface area (Å²) in [6, 6.07) is 10.8. The van der Waals surface area contributed by atoms with Crippen LogP contribution in [0.4, 0.5) is 5.69 Å². The number of anilines is 1. The Morgan fingerprint density at radius 3 is 2.43 bits per heavy atom. The van der Waals surface area contributed by atoms with E-state index in [0.717, 1.165) is 5.69 Å². The van der Waals surface area contributed by atoms with Crippen LogP contribution < -0.4 is 4.90 Å². The minimum Gasteiger partial charge on any atom is -0.506 e. The summed E-state index contributed by atoms with van der Waals surface area (Å²) >= 11 is 7.19. The topological polar surface area (TPSA) is 43.8 Å². The van der Waals surface area contributed by atoms with E-state index in [2.05, 4.69) is 4.90 Å². The Bertz CT molecular complexity index is 651. The number of rotatable bonds is 2. The molecule has 0 saturated carbocycles. The summed E-state index contributed by atoms with van der Waals surface area (Å²) < 4.78 is 0.631. The first kappa shape index (κ1) is 14.2. The molecule has 4 nitrogen and oxygen atoms in total. The van der Waals surface area contributed by atoms with Crippen LogP contribution in [-0.2, 0) is 0 Å². The Kier molecular flexibility index (Phi) is 4.03. The van der Waals surface area contributed by atoms with Crippen molar-refractivity contribution in [2.45, 2.75) is 0 Å². The maximum absolute atomic E-state index is 12.3. The molecule has 0 bridgehead atoms. The zero-order chi connectivity index (χ0) is 14.8. The van der Waals surface area contributed by atoms with E-state index < -0.39 is 0 Å². The minimum absolute atomic E-state index is 0.0313. The Hall–Kier alpha value is -1.72. The van der Waals surface area contributed by atoms with Crippen LogP contribution in [0.5, 0.6) is 5.75 Å². The van der Waals surface area contributed by atoms with Crippen LogP contribution in [-0.4, -0.2) is 42.1 Å². The second kappa shape index (κ2) is 5.95. The number of nitrogens with zero attached hydrogens (tertiary/aromatic N) is 2. The normalized spacial score (nSPS) is 15.3. The van der Waals surface area contributed by atoms with Crippen molar-refractivity contribution in [3.05, 3.63) is 45.6 Å². The summed E-state index contributed by atoms with van der Waals surface area (Å²) in [7, 11) is 0. The van der Waals surface area contributed by atoms with Crippen molar-refractivity contribution in [3.63, 3.8) is 0 Å². The van der Waals surface area contributed by atoms with Gasteiger partial charge in [0.2, 0.25) is 0 Å². The van der Waals surface area contributed by atoms with Crippen LogP contribution in [0, 0.1) is 0 Å². The van der Waals surface area contributed by atoms with Crippen molar-refractivity contribution >= 4 is 34.5 Å². The Labute approximate surface area is 132 Å². The van der Waals surface area contributed by atoms with Gasteiger partial charge in [0.1, 0.15) is 5.75 Å². The number of phenolic OH excluding ortho intramolecular Hbond substituents is 1. The van der Waals surface area contributed by atoms with Crippen molar-refractivity contribution in [1.82, 2.24) is 4.90 Å². The molecule has 6 heteroatoms. The van der Waals surface area contributed by atoms with Gasteiger partial charge in [0.05, 0.1) is 14.9 Å². The molecule has 1 aromatic heterocycles. The largest absolute Gasteiger partial charge is 0.506 e. The summed E-state index contributed by atoms with van der Waals surface area (Å²) in [5.41, 5.74) is 0.823. The number of phenols is 1. The van der Waals surface area contributed by atoms with Gasteiger partial charge in [-0.2, -0.15) is 0 Å². The molecular weight excluding hydrogens is 308 g/mol. The number of thiophene rings is 1. The molecule has 110 valence electrons. The average molecular weight is 323 g/mol. The van der Waals surface area contributed by atoms with Crippen LogP contribution in [0.1, 0.15) is 9.67 Å². The van der Waals surface area contributed by atoms with Gasteiger partial charge < -0.3 is 14.9 Å². The molecule has 1 N–H and O–H groups in total. The standard InChI is InChI=1S/C15H15ClN2O2S/c16-14-6-5-13(21-14)15(20)18-9-7-17(8-10-18)11-3-1-2-4-12(11)19/h1-6,19H,7-10H2. The second-order valence-corrected chi connectivity index (χ2v) is 6.59. The molecule has 0 radical (unpaired) electrons. The first-order chi connectivity index (χ1) is 10.1. The lowest BCUT2D eigenvalue weighted by atomic mass is 10.2. The fraction of sp³-hybridized carbons (Fsp3) is 0.267. The summed E-state index contributed by atoms with van der Waals surface area (Å²) in [5, 5.41) is 9.88. The number of hydrogen-bond donors (Lipinski definition) is 1. The molecule has 0 unspecified atom stereocenters. The molecule has 0 spiro atoms. The van der Waals surface area contributed by atoms with E-state index in [-0.39, 0.29) is 11.7 Å². The quantitative estimate of drug-likeness (QED) is 0.924. The van der Waals surface area contributed by atoms with E-state index in [1.165, 1.54) is 11.3 Å². The van der Waals surface area contributed by atoms with Gasteiger partial charge in [0.25, 0.3) is 5.91 Å². The molecule has 2 aromatic rings. The Balaban J connectivity index is 1.65. The number of para-hydroxylation sites is 2. The first-order valence-corrected chi connectivity index (χ1v) is 7.92. The van der Waals surface area contributed by atoms with E-state index in [4.69, 9.17) is 11.6 Å². The van der Waals surface area contributed by atoms with Gasteiger partial charge in [-0.05, 0) is 24.3 Å². The van der Waals surface area contributed by atoms with Crippen LogP contribution in [0.2, 0.25) is 4.34 Å². The molecule has 1 saturated heterocycles. The predicted octanol–water partition coefficient (Wildman–Crippen LogP) is 3.07. The van der Waals surface area contributed by atoms with Gasteiger partial charge in [-0.1, -0.05) is 23.7 Å². The SMILES string of the molecule is O=C(c1ccc(Cl)s1)N1CCN(c2ccccc2O)CC1. The Morgan fingerprint density at radius 2 is 1.81 bits per heavy atom. The van der Waals surface area contributed by atoms with Crippen molar-refractivity contribution < 1.29 is 9.90 Å². The van der Waals surface area contributed by atoms with Gasteiger partial charge in [0.15, 0.2) is 0 Å². The second-order valence-electron chi connectivity index (χ2n) is 4.87. The van der Waals surface area contributed by atoms with Crippen molar-refractivity contribution in [1.29, 1.82) is 0 Å². The number of benzene rings is 1. The van der Waals surface area contributed by atoms with Crippen LogP contribution in [0.3, 0.4) is 0 Å². The molecule has 1 aliphatic rings. The van der Waals surface area contributed by atoms with E-state index in [0.29, 0.717) is 35.4 Å². The number of amides is 1. The number of carbonyl (C=O) groups is 1. The fourth-order valence-corrected chi connectivity index (χ4v) is 3.48. The lowest BCUT2D eigenvalue weighted by Gasteiger charge is -2.36. The zero-order valence-corrected chi connectivity index (χ0v) is 12.9. The molecule has 21 heavy (non-hydrogen) atoms. The molecule has 0 atom stereocenters. The van der Waals surface area contributed by atoms with E-state index in [1.54, 1.807) is 24.3 Å². The highest BCUT2D eigenvalue weighted by molar-refractivity contribution is 7.17. The summed E-state index contributed by atoms with van der Waals surface area (Å²) in [6.45, 7) is 2.70. The lowest BCUT2D eigenvalue weighted by molar-refractivity contribution is 0.0751. The van der Waals surface area contributed by atoms with Crippen molar-refractivity contribution in [2.75, 3.05) is 31.1 Å². The average Bonchev–Trinajstić information content (AvgIpc) is 2.94. The summed E-state index contributed by atoms with van der Waals surface area (Å²) in [6.07, 6.45) is 0. The zero-order valence-electron chi connectivity index (χ0n) is 11.3. The third-order valence-corrected chi connectivity index (χ3v) is 4.79. The number of carbonyl (C=O) groups excluding carboxylic acids is 1. The summed E-state index contributed by atoms with van der Waals surface area (Å²) in [5.74, 6) is 0.311. The maximum atomic E-state index is 12.3. The van der Waals surface area contributed by atoms with Crippen molar-refractivity contribution in [2.24, 2.45) is 0 Å². The highest BCUT2D eigenvalue weighted by Crippen LogP contribution is 2.28. The third kappa shape index (κ3) is 2.99. The van der Waals surface area contributed by atoms with Gasteiger partial charge in [-0.15, -0.1) is 11.3 Å². The van der Waals surface area contributed by atoms with Gasteiger partial charge in [-0.3, -0.25) is 4.79 Å². The van der Waals surface area contributed by atoms with Gasteiger partial charge >= 0.3 is 0 Å². The van der Waals surface area contributed by atoms with E-state index in [9.17, 15) is 9.90 Å². The number of piperazine rings is 1. The fourth-order valence-electron chi connectivity index (χ4n) is 2.47. The highest BCUT2D eigenvalue weighted by atomic mass is 35.5. The molecular formula is C15H15ClN2O2S. The predicted molar refractivity (Wildman–Crippen MR) is 85.6 cm³/mol. The monoisotopic (exact) mass is 322 g/mol. The van der Waals surface area contributed by atoms with Gasteiger partial charge in [-0.25, -0.2) is 0 Å². The first-order valence-electron chi connectivity index (χ1n) is 6.73. The molecule has 3 rings (SSSR count). The van der Waals surface area contributed by atoms with Crippen LogP contribution in [0.15, 0.2) is 36.4 Å². The van der Waals surface area contributed by atoms with Crippen LogP contribution >= 0.6 is 22.9 Å². The minimum atomic E-state index is 0.0313. The number of hydrogen-bond acceptors (Lipinski definition) is 4. The Morgan fingerprint density at radius 1 is 1.10 bits per heavy atom. The molecule has 1 fully saturated rings. The molecule has 1 aromatic carbocycles. The summed E-state index contributed by atoms with van der Waals surface area (Å²) in [4.78, 5) is 16.9. The number of halogens is 1.